The Morgan fingerprint density at radius 3 is 1.79 bits per heavy atom. The summed E-state index contributed by atoms with van der Waals surface area (Å²) in [5.41, 5.74) is 3.45. The fraction of sp³-hybridized carbons (Fsp3) is 0.435. The highest BCUT2D eigenvalue weighted by molar-refractivity contribution is 7.89. The van der Waals surface area contributed by atoms with Gasteiger partial charge in [-0.25, -0.2) is 8.42 Å². The first-order chi connectivity index (χ1) is 13.6. The lowest BCUT2D eigenvalue weighted by Crippen LogP contribution is -2.30. The molecular weight excluding hydrogens is 384 g/mol. The molecule has 0 atom stereocenters. The fourth-order valence-corrected chi connectivity index (χ4v) is 4.83. The highest BCUT2D eigenvalue weighted by Gasteiger charge is 2.22. The molecule has 29 heavy (non-hydrogen) atoms. The summed E-state index contributed by atoms with van der Waals surface area (Å²) in [6.45, 7) is 12.8. The van der Waals surface area contributed by atoms with Crippen LogP contribution in [0.25, 0.3) is 0 Å². The molecule has 1 amide bonds. The van der Waals surface area contributed by atoms with E-state index in [4.69, 9.17) is 0 Å². The monoisotopic (exact) mass is 416 g/mol. The van der Waals surface area contributed by atoms with Crippen molar-refractivity contribution in [1.29, 1.82) is 0 Å². The first-order valence-electron chi connectivity index (χ1n) is 10.2. The van der Waals surface area contributed by atoms with Crippen molar-refractivity contribution in [2.75, 3.05) is 18.4 Å². The lowest BCUT2D eigenvalue weighted by molar-refractivity contribution is 0.102. The number of amides is 1. The van der Waals surface area contributed by atoms with Gasteiger partial charge in [0.2, 0.25) is 10.0 Å². The Balaban J connectivity index is 2.34. The van der Waals surface area contributed by atoms with Crippen LogP contribution in [0.3, 0.4) is 0 Å². The van der Waals surface area contributed by atoms with Gasteiger partial charge in [-0.1, -0.05) is 59.7 Å². The number of para-hydroxylation sites is 1. The Hall–Kier alpha value is -2.18. The highest BCUT2D eigenvalue weighted by atomic mass is 32.2. The normalized spacial score (nSPS) is 12.0. The molecule has 1 N–H and O–H groups in total. The number of nitrogens with one attached hydrogen (secondary N) is 1. The Labute approximate surface area is 175 Å². The van der Waals surface area contributed by atoms with Crippen molar-refractivity contribution in [3.8, 4) is 0 Å². The van der Waals surface area contributed by atoms with Crippen LogP contribution in [0, 0.1) is 0 Å². The van der Waals surface area contributed by atoms with Gasteiger partial charge in [0.1, 0.15) is 0 Å². The van der Waals surface area contributed by atoms with Crippen LogP contribution in [0.2, 0.25) is 0 Å². The van der Waals surface area contributed by atoms with Crippen LogP contribution < -0.4 is 5.32 Å². The summed E-state index contributed by atoms with van der Waals surface area (Å²) in [5, 5.41) is 3.06. The summed E-state index contributed by atoms with van der Waals surface area (Å²) in [5.74, 6) is 0.294. The Morgan fingerprint density at radius 1 is 0.897 bits per heavy atom. The van der Waals surface area contributed by atoms with Crippen molar-refractivity contribution < 1.29 is 13.2 Å². The van der Waals surface area contributed by atoms with E-state index in [1.807, 2.05) is 18.2 Å². The zero-order valence-electron chi connectivity index (χ0n) is 18.2. The maximum absolute atomic E-state index is 12.9. The molecule has 2 aromatic carbocycles. The van der Waals surface area contributed by atoms with E-state index in [9.17, 15) is 13.2 Å². The second-order valence-corrected chi connectivity index (χ2v) is 9.63. The standard InChI is InChI=1S/C23H32N2O3S/c1-7-25(8-2)29(27,28)19-14-12-18(13-15-19)23(26)24-22-20(16(3)4)10-9-11-21(22)17(5)6/h9-17H,7-8H2,1-6H3,(H,24,26). The first kappa shape index (κ1) is 23.1. The fourth-order valence-electron chi connectivity index (χ4n) is 3.37. The zero-order valence-corrected chi connectivity index (χ0v) is 19.0. The van der Waals surface area contributed by atoms with Gasteiger partial charge < -0.3 is 5.32 Å². The van der Waals surface area contributed by atoms with Gasteiger partial charge in [0.15, 0.2) is 0 Å². The predicted molar refractivity (Wildman–Crippen MR) is 119 cm³/mol. The average Bonchev–Trinajstić information content (AvgIpc) is 2.68. The van der Waals surface area contributed by atoms with Crippen LogP contribution in [0.15, 0.2) is 47.4 Å². The predicted octanol–water partition coefficient (Wildman–Crippen LogP) is 5.22. The van der Waals surface area contributed by atoms with Gasteiger partial charge in [0.05, 0.1) is 4.90 Å². The van der Waals surface area contributed by atoms with Crippen molar-refractivity contribution in [1.82, 2.24) is 4.31 Å². The lowest BCUT2D eigenvalue weighted by atomic mass is 9.92. The SMILES string of the molecule is CCN(CC)S(=O)(=O)c1ccc(C(=O)Nc2c(C(C)C)cccc2C(C)C)cc1. The van der Waals surface area contributed by atoms with Crippen molar-refractivity contribution in [2.45, 2.75) is 58.3 Å². The van der Waals surface area contributed by atoms with Crippen LogP contribution in [0.1, 0.15) is 74.9 Å². The molecule has 0 spiro atoms. The third-order valence-electron chi connectivity index (χ3n) is 5.07. The van der Waals surface area contributed by atoms with E-state index >= 15 is 0 Å². The minimum absolute atomic E-state index is 0.197. The molecule has 2 rings (SSSR count). The third kappa shape index (κ3) is 5.06. The summed E-state index contributed by atoms with van der Waals surface area (Å²) >= 11 is 0. The van der Waals surface area contributed by atoms with Gasteiger partial charge in [-0.2, -0.15) is 4.31 Å². The Kier molecular flexibility index (Phi) is 7.60. The van der Waals surface area contributed by atoms with Gasteiger partial charge in [-0.05, 0) is 47.2 Å². The number of rotatable bonds is 8. The van der Waals surface area contributed by atoms with Crippen molar-refractivity contribution in [2.24, 2.45) is 0 Å². The van der Waals surface area contributed by atoms with Crippen LogP contribution in [-0.2, 0) is 10.0 Å². The van der Waals surface area contributed by atoms with Crippen LogP contribution in [0.4, 0.5) is 5.69 Å². The first-order valence-corrected chi connectivity index (χ1v) is 11.6. The van der Waals surface area contributed by atoms with E-state index in [1.165, 1.54) is 16.4 Å². The zero-order chi connectivity index (χ0) is 21.8. The maximum Gasteiger partial charge on any atom is 0.255 e. The molecule has 5 nitrogen and oxygen atoms in total. The summed E-state index contributed by atoms with van der Waals surface area (Å²) in [6.07, 6.45) is 0. The number of hydrogen-bond acceptors (Lipinski definition) is 3. The molecule has 0 fully saturated rings. The molecule has 0 unspecified atom stereocenters. The number of carbonyl (C=O) groups is 1. The number of hydrogen-bond donors (Lipinski definition) is 1. The molecule has 2 aromatic rings. The summed E-state index contributed by atoms with van der Waals surface area (Å²) in [7, 11) is -3.54. The summed E-state index contributed by atoms with van der Waals surface area (Å²) in [4.78, 5) is 13.1. The van der Waals surface area contributed by atoms with Gasteiger partial charge >= 0.3 is 0 Å². The van der Waals surface area contributed by atoms with Gasteiger partial charge in [-0.15, -0.1) is 0 Å². The molecule has 158 valence electrons. The maximum atomic E-state index is 12.9. The second-order valence-electron chi connectivity index (χ2n) is 7.69. The number of benzene rings is 2. The minimum Gasteiger partial charge on any atom is -0.321 e. The average molecular weight is 417 g/mol. The number of carbonyl (C=O) groups excluding carboxylic acids is 1. The molecule has 0 aliphatic rings. The van der Waals surface area contributed by atoms with E-state index in [0.29, 0.717) is 18.7 Å². The number of nitrogens with zero attached hydrogens (tertiary/aromatic N) is 1. The Bertz CT molecular complexity index is 918. The van der Waals surface area contributed by atoms with Crippen LogP contribution in [-0.4, -0.2) is 31.7 Å². The van der Waals surface area contributed by atoms with Crippen LogP contribution in [0.5, 0.6) is 0 Å². The third-order valence-corrected chi connectivity index (χ3v) is 7.14. The molecule has 0 radical (unpaired) electrons. The summed E-state index contributed by atoms with van der Waals surface area (Å²) in [6, 6.07) is 12.2. The summed E-state index contributed by atoms with van der Waals surface area (Å²) < 4.78 is 26.7. The highest BCUT2D eigenvalue weighted by Crippen LogP contribution is 2.32. The van der Waals surface area contributed by atoms with Crippen molar-refractivity contribution in [3.05, 3.63) is 59.2 Å². The van der Waals surface area contributed by atoms with E-state index in [-0.39, 0.29) is 22.6 Å². The molecule has 0 saturated carbocycles. The van der Waals surface area contributed by atoms with E-state index in [0.717, 1.165) is 16.8 Å². The molecule has 0 bridgehead atoms. The lowest BCUT2D eigenvalue weighted by Gasteiger charge is -2.20. The van der Waals surface area contributed by atoms with Gasteiger partial charge in [-0.3, -0.25) is 4.79 Å². The molecule has 6 heteroatoms. The second kappa shape index (κ2) is 9.55. The molecule has 0 aromatic heterocycles. The largest absolute Gasteiger partial charge is 0.321 e. The van der Waals surface area contributed by atoms with Gasteiger partial charge in [0, 0.05) is 24.3 Å². The Morgan fingerprint density at radius 2 is 1.38 bits per heavy atom. The molecule has 0 heterocycles. The number of sulfonamides is 1. The van der Waals surface area contributed by atoms with Crippen LogP contribution >= 0.6 is 0 Å². The van der Waals surface area contributed by atoms with Crippen molar-refractivity contribution >= 4 is 21.6 Å². The van der Waals surface area contributed by atoms with E-state index < -0.39 is 10.0 Å². The molecule has 0 aliphatic carbocycles. The quantitative estimate of drug-likeness (QED) is 0.642. The van der Waals surface area contributed by atoms with E-state index in [1.54, 1.807) is 26.0 Å². The van der Waals surface area contributed by atoms with Gasteiger partial charge in [0.25, 0.3) is 5.91 Å². The topological polar surface area (TPSA) is 66.5 Å². The molecule has 0 aliphatic heterocycles. The molecule has 0 saturated heterocycles. The smallest absolute Gasteiger partial charge is 0.255 e. The number of anilines is 1. The van der Waals surface area contributed by atoms with Crippen molar-refractivity contribution in [3.63, 3.8) is 0 Å². The minimum atomic E-state index is -3.54. The molecular formula is C23H32N2O3S. The van der Waals surface area contributed by atoms with E-state index in [2.05, 4.69) is 33.0 Å².